The van der Waals surface area contributed by atoms with Crippen LogP contribution in [-0.4, -0.2) is 6.71 Å². The minimum atomic E-state index is -0.940. The van der Waals surface area contributed by atoms with Gasteiger partial charge in [0.05, 0.1) is 0 Å². The molecule has 6 unspecified atom stereocenters. The maximum atomic E-state index is 10.0. The van der Waals surface area contributed by atoms with Gasteiger partial charge in [-0.25, -0.2) is 16.2 Å². The minimum absolute atomic E-state index is 0.457. The highest BCUT2D eigenvalue weighted by atomic mass is 14.6. The number of rotatable bonds is 2. The van der Waals surface area contributed by atoms with Gasteiger partial charge in [-0.05, 0) is 47.3 Å². The Morgan fingerprint density at radius 2 is 1.30 bits per heavy atom. The molecule has 6 rings (SSSR count). The van der Waals surface area contributed by atoms with E-state index in [1.54, 1.807) is 0 Å². The van der Waals surface area contributed by atoms with Gasteiger partial charge in [0.1, 0.15) is 6.71 Å². The van der Waals surface area contributed by atoms with Crippen LogP contribution in [0.2, 0.25) is 0 Å². The molecule has 6 aliphatic carbocycles. The summed E-state index contributed by atoms with van der Waals surface area (Å²) < 4.78 is 0. The van der Waals surface area contributed by atoms with Crippen molar-refractivity contribution in [2.75, 3.05) is 0 Å². The van der Waals surface area contributed by atoms with Crippen LogP contribution < -0.4 is 0 Å². The van der Waals surface area contributed by atoms with Crippen molar-refractivity contribution >= 4 is 6.71 Å². The first-order valence-electron chi connectivity index (χ1n) is 9.71. The summed E-state index contributed by atoms with van der Waals surface area (Å²) in [6, 6.07) is 0. The molecule has 0 aliphatic heterocycles. The van der Waals surface area contributed by atoms with Crippen molar-refractivity contribution < 1.29 is 0 Å². The number of nitrogens with zero attached hydrogens (tertiary/aromatic N) is 1. The highest BCUT2D eigenvalue weighted by molar-refractivity contribution is 6.81. The van der Waals surface area contributed by atoms with Crippen molar-refractivity contribution in [3.63, 3.8) is 0 Å². The molecular weight excluding hydrogens is 277 g/mol. The van der Waals surface area contributed by atoms with Gasteiger partial charge in [0, 0.05) is 0 Å². The second-order valence-corrected chi connectivity index (χ2v) is 10.3. The second kappa shape index (κ2) is 4.56. The van der Waals surface area contributed by atoms with Crippen LogP contribution in [0.25, 0.3) is 0 Å². The Kier molecular flexibility index (Phi) is 3.08. The van der Waals surface area contributed by atoms with Gasteiger partial charge in [-0.1, -0.05) is 53.4 Å². The molecule has 6 aliphatic rings. The van der Waals surface area contributed by atoms with E-state index in [9.17, 15) is 5.26 Å². The van der Waals surface area contributed by atoms with Crippen molar-refractivity contribution in [2.24, 2.45) is 46.3 Å². The van der Waals surface area contributed by atoms with Gasteiger partial charge in [0.2, 0.25) is 0 Å². The van der Waals surface area contributed by atoms with Crippen LogP contribution in [0.15, 0.2) is 23.1 Å². The van der Waals surface area contributed by atoms with Crippen LogP contribution in [0, 0.1) is 57.6 Å². The molecule has 2 heteroatoms. The molecule has 0 radical (unpaired) electrons. The van der Waals surface area contributed by atoms with E-state index in [0.717, 1.165) is 11.8 Å². The van der Waals surface area contributed by atoms with Crippen LogP contribution in [0.1, 0.15) is 54.4 Å². The summed E-state index contributed by atoms with van der Waals surface area (Å²) in [6.45, 7) is 13.5. The topological polar surface area (TPSA) is 23.8 Å². The van der Waals surface area contributed by atoms with E-state index in [0.29, 0.717) is 34.5 Å². The molecule has 0 heterocycles. The predicted octanol–water partition coefficient (Wildman–Crippen LogP) is 4.83. The summed E-state index contributed by atoms with van der Waals surface area (Å²) in [5, 5.41) is 10.0. The molecule has 2 saturated carbocycles. The van der Waals surface area contributed by atoms with Gasteiger partial charge in [0.25, 0.3) is 0 Å². The smallest absolute Gasteiger partial charge is 0.135 e. The Morgan fingerprint density at radius 3 is 1.57 bits per heavy atom. The van der Waals surface area contributed by atoms with E-state index < -0.39 is 6.71 Å². The minimum Gasteiger partial charge on any atom is -0.249 e. The van der Waals surface area contributed by atoms with Crippen LogP contribution in [0.3, 0.4) is 0 Å². The number of hydrogen-bond acceptors (Lipinski definition) is 1. The molecule has 0 aromatic carbocycles. The summed E-state index contributed by atoms with van der Waals surface area (Å²) in [4.78, 5) is 0. The van der Waals surface area contributed by atoms with Gasteiger partial charge in [0.15, 0.2) is 0 Å². The van der Waals surface area contributed by atoms with E-state index in [4.69, 9.17) is 0 Å². The van der Waals surface area contributed by atoms with Crippen molar-refractivity contribution in [1.82, 2.24) is 0 Å². The van der Waals surface area contributed by atoms with Gasteiger partial charge >= 0.3 is 0 Å². The third kappa shape index (κ3) is 1.80. The SMILES string of the molecule is CC1C([BH-](C#N)C2=CC3CC(C2C)C3(C)C)=CC2CC1C2(C)C. The lowest BCUT2D eigenvalue weighted by molar-refractivity contribution is -0.0304. The van der Waals surface area contributed by atoms with E-state index in [1.165, 1.54) is 23.8 Å². The maximum absolute atomic E-state index is 10.0. The van der Waals surface area contributed by atoms with Crippen molar-refractivity contribution in [3.8, 4) is 5.97 Å². The quantitative estimate of drug-likeness (QED) is 0.670. The summed E-state index contributed by atoms with van der Waals surface area (Å²) in [7, 11) is 0. The molecule has 0 aromatic rings. The van der Waals surface area contributed by atoms with Crippen LogP contribution in [-0.2, 0) is 0 Å². The van der Waals surface area contributed by atoms with Gasteiger partial charge in [-0.15, -0.1) is 12.2 Å². The molecule has 0 N–H and O–H groups in total. The normalized spacial score (nSPS) is 46.5. The van der Waals surface area contributed by atoms with Crippen LogP contribution in [0.5, 0.6) is 0 Å². The van der Waals surface area contributed by atoms with Crippen molar-refractivity contribution in [3.05, 3.63) is 23.1 Å². The zero-order valence-electron chi connectivity index (χ0n) is 15.7. The van der Waals surface area contributed by atoms with Gasteiger partial charge in [-0.2, -0.15) is 5.97 Å². The molecule has 4 bridgehead atoms. The Bertz CT molecular complexity index is 597. The lowest BCUT2D eigenvalue weighted by Crippen LogP contribution is -2.55. The molecule has 0 amide bonds. The Hall–Kier alpha value is -0.965. The standard InChI is InChI=1S/C21H31BN/c1-12-16-7-14(20(16,3)4)9-18(12)22(11-23)19-10-15-8-17(13(19)2)21(15,5)6/h9-10,12-17,22H,7-8H2,1-6H3/q-1. The van der Waals surface area contributed by atoms with Crippen molar-refractivity contribution in [1.29, 1.82) is 5.26 Å². The summed E-state index contributed by atoms with van der Waals surface area (Å²) in [6.07, 6.45) is 7.77. The molecule has 1 nitrogen and oxygen atoms in total. The fraction of sp³-hybridized carbons (Fsp3) is 0.762. The fourth-order valence-electron chi connectivity index (χ4n) is 6.89. The summed E-state index contributed by atoms with van der Waals surface area (Å²) in [5.41, 5.74) is 3.98. The monoisotopic (exact) mass is 308 g/mol. The largest absolute Gasteiger partial charge is 0.249 e. The molecular formula is C21H31BN-. The molecule has 6 atom stereocenters. The first kappa shape index (κ1) is 15.6. The predicted molar refractivity (Wildman–Crippen MR) is 98.0 cm³/mol. The molecule has 23 heavy (non-hydrogen) atoms. The average molecular weight is 308 g/mol. The molecule has 0 spiro atoms. The maximum Gasteiger partial charge on any atom is 0.135 e. The van der Waals surface area contributed by atoms with Crippen LogP contribution in [0.4, 0.5) is 0 Å². The highest BCUT2D eigenvalue weighted by Gasteiger charge is 2.55. The third-order valence-electron chi connectivity index (χ3n) is 9.02. The van der Waals surface area contributed by atoms with Gasteiger partial charge in [-0.3, -0.25) is 0 Å². The van der Waals surface area contributed by atoms with Crippen LogP contribution >= 0.6 is 0 Å². The van der Waals surface area contributed by atoms with E-state index in [1.807, 2.05) is 0 Å². The number of hydrogen-bond donors (Lipinski definition) is 0. The van der Waals surface area contributed by atoms with E-state index >= 15 is 0 Å². The Morgan fingerprint density at radius 1 is 0.913 bits per heavy atom. The summed E-state index contributed by atoms with van der Waals surface area (Å²) >= 11 is 0. The number of nitriles is 1. The zero-order chi connectivity index (χ0) is 16.7. The first-order chi connectivity index (χ1) is 10.7. The third-order valence-corrected chi connectivity index (χ3v) is 9.02. The lowest BCUT2D eigenvalue weighted by atomic mass is 9.28. The van der Waals surface area contributed by atoms with E-state index in [2.05, 4.69) is 59.7 Å². The lowest BCUT2D eigenvalue weighted by Gasteiger charge is -2.63. The Balaban J connectivity index is 1.68. The first-order valence-corrected chi connectivity index (χ1v) is 9.71. The zero-order valence-corrected chi connectivity index (χ0v) is 15.7. The molecule has 124 valence electrons. The van der Waals surface area contributed by atoms with Crippen molar-refractivity contribution in [2.45, 2.75) is 54.4 Å². The fourth-order valence-corrected chi connectivity index (χ4v) is 6.89. The molecule has 0 saturated heterocycles. The highest BCUT2D eigenvalue weighted by Crippen LogP contribution is 2.63. The second-order valence-electron chi connectivity index (χ2n) is 10.3. The molecule has 2 fully saturated rings. The number of allylic oxidation sites excluding steroid dienone is 4. The van der Waals surface area contributed by atoms with Gasteiger partial charge < -0.3 is 0 Å². The van der Waals surface area contributed by atoms with E-state index in [-0.39, 0.29) is 0 Å². The average Bonchev–Trinajstić information content (AvgIpc) is 2.49. The Labute approximate surface area is 142 Å². The summed E-state index contributed by atoms with van der Waals surface area (Å²) in [5.74, 6) is 7.01. The molecule has 0 aromatic heterocycles. The number of fused-ring (bicyclic) bond motifs is 2.